The summed E-state index contributed by atoms with van der Waals surface area (Å²) >= 11 is 1.23. The number of aliphatic carboxylic acids is 1. The van der Waals surface area contributed by atoms with E-state index < -0.39 is 5.97 Å². The molecule has 0 aliphatic rings. The van der Waals surface area contributed by atoms with E-state index >= 15 is 0 Å². The fourth-order valence-electron chi connectivity index (χ4n) is 1.87. The largest absolute Gasteiger partial charge is 0.481 e. The molecule has 0 saturated carbocycles. The lowest BCUT2D eigenvalue weighted by Crippen LogP contribution is -2.07. The topological polar surface area (TPSA) is 102 Å². The molecule has 0 aliphatic carbocycles. The average Bonchev–Trinajstić information content (AvgIpc) is 2.97. The number of nitrogens with zero attached hydrogens (tertiary/aromatic N) is 4. The quantitative estimate of drug-likeness (QED) is 0.835. The lowest BCUT2D eigenvalue weighted by Gasteiger charge is -2.03. The Bertz CT molecular complexity index is 581. The molecule has 1 N–H and O–H groups in total. The number of carboxylic acids is 1. The van der Waals surface area contributed by atoms with Gasteiger partial charge in [0.25, 0.3) is 5.89 Å². The van der Waals surface area contributed by atoms with Crippen molar-refractivity contribution in [2.45, 2.75) is 39.5 Å². The van der Waals surface area contributed by atoms with E-state index in [1.165, 1.54) is 11.5 Å². The first-order valence-corrected chi connectivity index (χ1v) is 7.23. The Balaban J connectivity index is 2.08. The van der Waals surface area contributed by atoms with Gasteiger partial charge in [-0.2, -0.15) is 0 Å². The van der Waals surface area contributed by atoms with Crippen LogP contribution in [0.15, 0.2) is 4.42 Å². The van der Waals surface area contributed by atoms with Crippen molar-refractivity contribution in [2.24, 2.45) is 5.92 Å². The second-order valence-corrected chi connectivity index (χ2v) is 5.46. The molecule has 2 heterocycles. The lowest BCUT2D eigenvalue weighted by atomic mass is 10.0. The minimum absolute atomic E-state index is 0.0458. The predicted molar refractivity (Wildman–Crippen MR) is 72.3 cm³/mol. The van der Waals surface area contributed by atoms with Crippen LogP contribution in [0.1, 0.15) is 38.3 Å². The molecule has 2 rings (SSSR count). The van der Waals surface area contributed by atoms with E-state index in [0.717, 1.165) is 23.4 Å². The molecule has 1 atom stereocenters. The summed E-state index contributed by atoms with van der Waals surface area (Å²) in [5.41, 5.74) is 0.867. The Labute approximate surface area is 120 Å². The zero-order valence-corrected chi connectivity index (χ0v) is 12.2. The van der Waals surface area contributed by atoms with Gasteiger partial charge in [0.1, 0.15) is 4.88 Å². The summed E-state index contributed by atoms with van der Waals surface area (Å²) < 4.78 is 9.50. The molecule has 0 amide bonds. The van der Waals surface area contributed by atoms with Crippen molar-refractivity contribution in [3.63, 3.8) is 0 Å². The summed E-state index contributed by atoms with van der Waals surface area (Å²) in [6, 6.07) is 0. The average molecular weight is 296 g/mol. The first-order chi connectivity index (χ1) is 9.60. The van der Waals surface area contributed by atoms with Crippen LogP contribution in [0.5, 0.6) is 0 Å². The molecule has 0 fully saturated rings. The fraction of sp³-hybridized carbons (Fsp3) is 0.583. The summed E-state index contributed by atoms with van der Waals surface area (Å²) in [7, 11) is 0. The minimum Gasteiger partial charge on any atom is -0.481 e. The maximum Gasteiger partial charge on any atom is 0.303 e. The standard InChI is InChI=1S/C12H16N4O3S/c1-3-4-8-11(20-16-13-8)12-15-14-9(19-12)5-7(2)6-10(17)18/h7H,3-6H2,1-2H3,(H,17,18). The van der Waals surface area contributed by atoms with Crippen LogP contribution < -0.4 is 0 Å². The zero-order valence-electron chi connectivity index (χ0n) is 11.4. The molecule has 0 aromatic carbocycles. The number of hydrogen-bond acceptors (Lipinski definition) is 7. The molecule has 0 bridgehead atoms. The number of aryl methyl sites for hydroxylation is 1. The molecule has 20 heavy (non-hydrogen) atoms. The normalized spacial score (nSPS) is 12.5. The van der Waals surface area contributed by atoms with Crippen molar-refractivity contribution in [2.75, 3.05) is 0 Å². The summed E-state index contributed by atoms with van der Waals surface area (Å²) in [4.78, 5) is 11.4. The molecule has 0 saturated heterocycles. The smallest absolute Gasteiger partial charge is 0.303 e. The number of hydrogen-bond donors (Lipinski definition) is 1. The zero-order chi connectivity index (χ0) is 14.5. The molecule has 1 unspecified atom stereocenters. The molecule has 7 nitrogen and oxygen atoms in total. The van der Waals surface area contributed by atoms with Crippen molar-refractivity contribution in [3.05, 3.63) is 11.6 Å². The maximum absolute atomic E-state index is 10.6. The van der Waals surface area contributed by atoms with Crippen LogP contribution in [0.2, 0.25) is 0 Å². The summed E-state index contributed by atoms with van der Waals surface area (Å²) in [5.74, 6) is -0.00445. The summed E-state index contributed by atoms with van der Waals surface area (Å²) in [5, 5.41) is 20.7. The van der Waals surface area contributed by atoms with Crippen molar-refractivity contribution in [1.29, 1.82) is 0 Å². The van der Waals surface area contributed by atoms with Crippen LogP contribution in [0.25, 0.3) is 10.8 Å². The molecule has 2 aromatic heterocycles. The highest BCUT2D eigenvalue weighted by molar-refractivity contribution is 7.09. The third kappa shape index (κ3) is 3.60. The van der Waals surface area contributed by atoms with Crippen molar-refractivity contribution in [1.82, 2.24) is 19.8 Å². The second kappa shape index (κ2) is 6.56. The Morgan fingerprint density at radius 2 is 2.20 bits per heavy atom. The molecule has 108 valence electrons. The monoisotopic (exact) mass is 296 g/mol. The molecular weight excluding hydrogens is 280 g/mol. The van der Waals surface area contributed by atoms with E-state index in [1.54, 1.807) is 0 Å². The third-order valence-corrected chi connectivity index (χ3v) is 3.51. The van der Waals surface area contributed by atoms with Gasteiger partial charge in [0, 0.05) is 12.8 Å². The molecular formula is C12H16N4O3S. The van der Waals surface area contributed by atoms with E-state index in [9.17, 15) is 4.79 Å². The highest BCUT2D eigenvalue weighted by Gasteiger charge is 2.18. The Hall–Kier alpha value is -1.83. The van der Waals surface area contributed by atoms with Crippen LogP contribution in [0.4, 0.5) is 0 Å². The van der Waals surface area contributed by atoms with Gasteiger partial charge in [0.05, 0.1) is 5.69 Å². The van der Waals surface area contributed by atoms with Gasteiger partial charge in [-0.05, 0) is 23.9 Å². The number of carboxylic acid groups (broad SMARTS) is 1. The van der Waals surface area contributed by atoms with E-state index in [1.807, 2.05) is 6.92 Å². The Morgan fingerprint density at radius 1 is 1.40 bits per heavy atom. The Kier molecular flexibility index (Phi) is 4.78. The number of carbonyl (C=O) groups is 1. The van der Waals surface area contributed by atoms with Crippen LogP contribution in [0, 0.1) is 5.92 Å². The first kappa shape index (κ1) is 14.6. The molecule has 0 radical (unpaired) electrons. The highest BCUT2D eigenvalue weighted by atomic mass is 32.1. The van der Waals surface area contributed by atoms with Gasteiger partial charge in [-0.15, -0.1) is 15.3 Å². The van der Waals surface area contributed by atoms with Gasteiger partial charge in [-0.1, -0.05) is 24.8 Å². The van der Waals surface area contributed by atoms with Crippen LogP contribution in [-0.4, -0.2) is 30.9 Å². The number of rotatable bonds is 7. The third-order valence-electron chi connectivity index (χ3n) is 2.75. The SMILES string of the molecule is CCCc1nnsc1-c1nnc(CC(C)CC(=O)O)o1. The lowest BCUT2D eigenvalue weighted by molar-refractivity contribution is -0.137. The summed E-state index contributed by atoms with van der Waals surface area (Å²) in [6.45, 7) is 3.91. The van der Waals surface area contributed by atoms with Crippen molar-refractivity contribution in [3.8, 4) is 10.8 Å². The van der Waals surface area contributed by atoms with Crippen LogP contribution >= 0.6 is 11.5 Å². The van der Waals surface area contributed by atoms with Gasteiger partial charge in [0.2, 0.25) is 5.89 Å². The first-order valence-electron chi connectivity index (χ1n) is 6.46. The van der Waals surface area contributed by atoms with E-state index in [2.05, 4.69) is 26.7 Å². The van der Waals surface area contributed by atoms with Crippen molar-refractivity contribution >= 4 is 17.5 Å². The second-order valence-electron chi connectivity index (χ2n) is 4.71. The van der Waals surface area contributed by atoms with E-state index in [-0.39, 0.29) is 12.3 Å². The van der Waals surface area contributed by atoms with E-state index in [0.29, 0.717) is 18.2 Å². The van der Waals surface area contributed by atoms with Gasteiger partial charge in [-0.3, -0.25) is 4.79 Å². The van der Waals surface area contributed by atoms with Gasteiger partial charge < -0.3 is 9.52 Å². The number of aromatic nitrogens is 4. The highest BCUT2D eigenvalue weighted by Crippen LogP contribution is 2.26. The van der Waals surface area contributed by atoms with Crippen LogP contribution in [-0.2, 0) is 17.6 Å². The van der Waals surface area contributed by atoms with Crippen LogP contribution in [0.3, 0.4) is 0 Å². The van der Waals surface area contributed by atoms with E-state index in [4.69, 9.17) is 9.52 Å². The summed E-state index contributed by atoms with van der Waals surface area (Å²) in [6.07, 6.45) is 2.32. The van der Waals surface area contributed by atoms with Crippen molar-refractivity contribution < 1.29 is 14.3 Å². The van der Waals surface area contributed by atoms with Gasteiger partial charge in [-0.25, -0.2) is 0 Å². The molecule has 8 heteroatoms. The predicted octanol–water partition coefficient (Wildman–Crippen LogP) is 2.19. The van der Waals surface area contributed by atoms with Gasteiger partial charge >= 0.3 is 5.97 Å². The minimum atomic E-state index is -0.825. The maximum atomic E-state index is 10.6. The Morgan fingerprint density at radius 3 is 2.90 bits per heavy atom. The molecule has 2 aromatic rings. The van der Waals surface area contributed by atoms with Gasteiger partial charge in [0.15, 0.2) is 0 Å². The fourth-order valence-corrected chi connectivity index (χ4v) is 2.50. The molecule has 0 spiro atoms. The molecule has 0 aliphatic heterocycles.